The second-order valence-electron chi connectivity index (χ2n) is 5.85. The van der Waals surface area contributed by atoms with Crippen LogP contribution in [0.3, 0.4) is 0 Å². The van der Waals surface area contributed by atoms with Crippen LogP contribution in [0.1, 0.15) is 33.6 Å². The second kappa shape index (κ2) is 6.18. The van der Waals surface area contributed by atoms with Crippen molar-refractivity contribution in [3.63, 3.8) is 0 Å². The van der Waals surface area contributed by atoms with Crippen molar-refractivity contribution in [3.8, 4) is 0 Å². The molecule has 1 saturated heterocycles. The Bertz CT molecular complexity index is 303. The summed E-state index contributed by atoms with van der Waals surface area (Å²) < 4.78 is 5.23. The van der Waals surface area contributed by atoms with Gasteiger partial charge < -0.3 is 15.2 Å². The normalized spacial score (nSPS) is 19.3. The van der Waals surface area contributed by atoms with Crippen LogP contribution in [0.5, 0.6) is 0 Å². The second-order valence-corrected chi connectivity index (χ2v) is 5.85. The maximum Gasteiger partial charge on any atom is 0.308 e. The van der Waals surface area contributed by atoms with E-state index in [1.807, 2.05) is 20.8 Å². The van der Waals surface area contributed by atoms with Gasteiger partial charge in [0.15, 0.2) is 0 Å². The van der Waals surface area contributed by atoms with Crippen molar-refractivity contribution in [2.75, 3.05) is 19.8 Å². The molecule has 0 saturated carbocycles. The van der Waals surface area contributed by atoms with Gasteiger partial charge in [0.05, 0.1) is 5.92 Å². The highest BCUT2D eigenvalue weighted by Gasteiger charge is 2.31. The van der Waals surface area contributed by atoms with Gasteiger partial charge in [-0.2, -0.15) is 0 Å². The highest BCUT2D eigenvalue weighted by Crippen LogP contribution is 2.24. The van der Waals surface area contributed by atoms with E-state index in [4.69, 9.17) is 4.74 Å². The molecule has 5 nitrogen and oxygen atoms in total. The Morgan fingerprint density at radius 2 is 1.89 bits per heavy atom. The largest absolute Gasteiger partial charge is 0.481 e. The average molecular weight is 257 g/mol. The number of carboxylic acids is 1. The number of hydrogen-bond donors (Lipinski definition) is 2. The van der Waals surface area contributed by atoms with Crippen LogP contribution in [0.4, 0.5) is 0 Å². The highest BCUT2D eigenvalue weighted by atomic mass is 16.5. The van der Waals surface area contributed by atoms with Gasteiger partial charge in [-0.25, -0.2) is 0 Å². The molecule has 1 fully saturated rings. The number of ether oxygens (including phenoxy) is 1. The van der Waals surface area contributed by atoms with Crippen LogP contribution in [0, 0.1) is 17.3 Å². The molecule has 1 atom stereocenters. The zero-order valence-corrected chi connectivity index (χ0v) is 11.4. The number of carbonyl (C=O) groups excluding carboxylic acids is 1. The van der Waals surface area contributed by atoms with Gasteiger partial charge in [0.2, 0.25) is 5.91 Å². The molecule has 0 aliphatic carbocycles. The summed E-state index contributed by atoms with van der Waals surface area (Å²) in [6.07, 6.45) is 1.50. The van der Waals surface area contributed by atoms with E-state index in [1.165, 1.54) is 0 Å². The van der Waals surface area contributed by atoms with Gasteiger partial charge in [-0.3, -0.25) is 9.59 Å². The van der Waals surface area contributed by atoms with E-state index in [0.29, 0.717) is 13.2 Å². The van der Waals surface area contributed by atoms with Crippen LogP contribution < -0.4 is 5.32 Å². The third-order valence-corrected chi connectivity index (χ3v) is 3.32. The zero-order valence-electron chi connectivity index (χ0n) is 11.4. The van der Waals surface area contributed by atoms with E-state index in [2.05, 4.69) is 5.32 Å². The molecule has 18 heavy (non-hydrogen) atoms. The maximum atomic E-state index is 11.7. The predicted octanol–water partition coefficient (Wildman–Crippen LogP) is 1.28. The van der Waals surface area contributed by atoms with Gasteiger partial charge in [0.25, 0.3) is 0 Å². The van der Waals surface area contributed by atoms with Crippen molar-refractivity contribution in [2.45, 2.75) is 33.6 Å². The molecule has 0 aromatic rings. The SMILES string of the molecule is CC(C)(C)C(=O)NCC(C(=O)O)C1CCOCC1. The van der Waals surface area contributed by atoms with Crippen molar-refractivity contribution in [2.24, 2.45) is 17.3 Å². The lowest BCUT2D eigenvalue weighted by Crippen LogP contribution is -2.42. The minimum atomic E-state index is -0.837. The first-order chi connectivity index (χ1) is 8.32. The lowest BCUT2D eigenvalue weighted by Gasteiger charge is -2.28. The Morgan fingerprint density at radius 1 is 1.33 bits per heavy atom. The molecule has 1 aliphatic rings. The van der Waals surface area contributed by atoms with Gasteiger partial charge in [0, 0.05) is 25.2 Å². The number of hydrogen-bond acceptors (Lipinski definition) is 3. The standard InChI is InChI=1S/C13H23NO4/c1-13(2,3)12(17)14-8-10(11(15)16)9-4-6-18-7-5-9/h9-10H,4-8H2,1-3H3,(H,14,17)(H,15,16). The number of carboxylic acid groups (broad SMARTS) is 1. The molecule has 0 spiro atoms. The Hall–Kier alpha value is -1.10. The van der Waals surface area contributed by atoms with Gasteiger partial charge in [-0.15, -0.1) is 0 Å². The topological polar surface area (TPSA) is 75.6 Å². The molecule has 1 rings (SSSR count). The summed E-state index contributed by atoms with van der Waals surface area (Å²) in [6, 6.07) is 0. The third kappa shape index (κ3) is 4.29. The van der Waals surface area contributed by atoms with Gasteiger partial charge in [-0.05, 0) is 18.8 Å². The zero-order chi connectivity index (χ0) is 13.8. The molecule has 1 aliphatic heterocycles. The van der Waals surface area contributed by atoms with Crippen molar-refractivity contribution in [1.29, 1.82) is 0 Å². The minimum absolute atomic E-state index is 0.0940. The van der Waals surface area contributed by atoms with Crippen LogP contribution in [-0.4, -0.2) is 36.7 Å². The summed E-state index contributed by atoms with van der Waals surface area (Å²) >= 11 is 0. The predicted molar refractivity (Wildman–Crippen MR) is 67.1 cm³/mol. The molecule has 1 heterocycles. The summed E-state index contributed by atoms with van der Waals surface area (Å²) in [4.78, 5) is 23.0. The van der Waals surface area contributed by atoms with E-state index in [1.54, 1.807) is 0 Å². The van der Waals surface area contributed by atoms with E-state index < -0.39 is 17.3 Å². The number of carbonyl (C=O) groups is 2. The van der Waals surface area contributed by atoms with E-state index in [-0.39, 0.29) is 18.4 Å². The molecule has 1 amide bonds. The third-order valence-electron chi connectivity index (χ3n) is 3.32. The van der Waals surface area contributed by atoms with Crippen molar-refractivity contribution < 1.29 is 19.4 Å². The Balaban J connectivity index is 2.53. The summed E-state index contributed by atoms with van der Waals surface area (Å²) in [7, 11) is 0. The lowest BCUT2D eigenvalue weighted by atomic mass is 9.85. The molecule has 1 unspecified atom stereocenters. The van der Waals surface area contributed by atoms with Crippen LogP contribution in [0.15, 0.2) is 0 Å². The fourth-order valence-corrected chi connectivity index (χ4v) is 2.04. The summed E-state index contributed by atoms with van der Waals surface area (Å²) in [5, 5.41) is 12.0. The first-order valence-corrected chi connectivity index (χ1v) is 6.41. The Kier molecular flexibility index (Phi) is 5.14. The van der Waals surface area contributed by atoms with Crippen molar-refractivity contribution in [1.82, 2.24) is 5.32 Å². The van der Waals surface area contributed by atoms with E-state index in [0.717, 1.165) is 12.8 Å². The Morgan fingerprint density at radius 3 is 2.33 bits per heavy atom. The minimum Gasteiger partial charge on any atom is -0.481 e. The molecule has 0 aromatic heterocycles. The molecule has 2 N–H and O–H groups in total. The lowest BCUT2D eigenvalue weighted by molar-refractivity contribution is -0.145. The molecular weight excluding hydrogens is 234 g/mol. The van der Waals surface area contributed by atoms with E-state index in [9.17, 15) is 14.7 Å². The molecule has 104 valence electrons. The quantitative estimate of drug-likeness (QED) is 0.795. The molecular formula is C13H23NO4. The van der Waals surface area contributed by atoms with Crippen LogP contribution >= 0.6 is 0 Å². The molecule has 0 aromatic carbocycles. The molecule has 0 bridgehead atoms. The summed E-state index contributed by atoms with van der Waals surface area (Å²) in [6.45, 7) is 6.87. The molecule has 5 heteroatoms. The fraction of sp³-hybridized carbons (Fsp3) is 0.846. The summed E-state index contributed by atoms with van der Waals surface area (Å²) in [5.41, 5.74) is -0.487. The van der Waals surface area contributed by atoms with E-state index >= 15 is 0 Å². The summed E-state index contributed by atoms with van der Waals surface area (Å²) in [5.74, 6) is -1.37. The maximum absolute atomic E-state index is 11.7. The van der Waals surface area contributed by atoms with Crippen LogP contribution in [0.25, 0.3) is 0 Å². The highest BCUT2D eigenvalue weighted by molar-refractivity contribution is 5.82. The van der Waals surface area contributed by atoms with Gasteiger partial charge in [-0.1, -0.05) is 20.8 Å². The number of amides is 1. The van der Waals surface area contributed by atoms with Crippen molar-refractivity contribution in [3.05, 3.63) is 0 Å². The van der Waals surface area contributed by atoms with Gasteiger partial charge >= 0.3 is 5.97 Å². The first kappa shape index (κ1) is 15.0. The monoisotopic (exact) mass is 257 g/mol. The average Bonchev–Trinajstić information content (AvgIpc) is 2.28. The van der Waals surface area contributed by atoms with Gasteiger partial charge in [0.1, 0.15) is 0 Å². The fourth-order valence-electron chi connectivity index (χ4n) is 2.04. The number of aliphatic carboxylic acids is 1. The Labute approximate surface area is 108 Å². The van der Waals surface area contributed by atoms with Crippen molar-refractivity contribution >= 4 is 11.9 Å². The first-order valence-electron chi connectivity index (χ1n) is 6.41. The molecule has 0 radical (unpaired) electrons. The van der Waals surface area contributed by atoms with Crippen LogP contribution in [0.2, 0.25) is 0 Å². The van der Waals surface area contributed by atoms with Crippen LogP contribution in [-0.2, 0) is 14.3 Å². The smallest absolute Gasteiger partial charge is 0.308 e. The number of nitrogens with one attached hydrogen (secondary N) is 1. The number of rotatable bonds is 4.